The van der Waals surface area contributed by atoms with E-state index in [-0.39, 0.29) is 29.9 Å². The molecule has 3 aromatic rings. The normalized spacial score (nSPS) is 17.5. The molecule has 2 aromatic heterocycles. The fraction of sp³-hybridized carbons (Fsp3) is 0.381. The third kappa shape index (κ3) is 4.41. The molecule has 8 nitrogen and oxygen atoms in total. The molecule has 0 bridgehead atoms. The second-order valence-electron chi connectivity index (χ2n) is 7.27. The minimum atomic E-state index is -3.76. The zero-order valence-electron chi connectivity index (χ0n) is 17.3. The Balaban J connectivity index is 1.58. The number of hydrogen-bond donors (Lipinski definition) is 0. The number of thiophene rings is 1. The van der Waals surface area contributed by atoms with E-state index in [9.17, 15) is 13.2 Å². The molecule has 0 spiro atoms. The smallest absolute Gasteiger partial charge is 0.310 e. The van der Waals surface area contributed by atoms with Crippen LogP contribution in [0.3, 0.4) is 0 Å². The summed E-state index contributed by atoms with van der Waals surface area (Å²) in [6.45, 7) is 4.28. The lowest BCUT2D eigenvalue weighted by atomic mass is 10.0. The van der Waals surface area contributed by atoms with Gasteiger partial charge in [0.15, 0.2) is 0 Å². The predicted octanol–water partition coefficient (Wildman–Crippen LogP) is 3.74. The molecule has 1 aromatic carbocycles. The van der Waals surface area contributed by atoms with Gasteiger partial charge in [-0.3, -0.25) is 4.79 Å². The Hall–Kier alpha value is -2.56. The van der Waals surface area contributed by atoms with Gasteiger partial charge in [-0.15, -0.1) is 11.3 Å². The molecule has 1 atom stereocenters. The monoisotopic (exact) mass is 461 g/mol. The highest BCUT2D eigenvalue weighted by molar-refractivity contribution is 7.89. The van der Waals surface area contributed by atoms with E-state index in [1.54, 1.807) is 19.9 Å². The quantitative estimate of drug-likeness (QED) is 0.515. The number of aryl methyl sites for hydroxylation is 1. The van der Waals surface area contributed by atoms with Gasteiger partial charge in [-0.25, -0.2) is 8.42 Å². The zero-order chi connectivity index (χ0) is 22.0. The van der Waals surface area contributed by atoms with Crippen LogP contribution in [-0.4, -0.2) is 48.5 Å². The minimum absolute atomic E-state index is 0.129. The molecule has 1 saturated heterocycles. The molecule has 3 heterocycles. The fourth-order valence-corrected chi connectivity index (χ4v) is 6.61. The van der Waals surface area contributed by atoms with Crippen molar-refractivity contribution >= 4 is 27.3 Å². The van der Waals surface area contributed by atoms with Gasteiger partial charge >= 0.3 is 5.97 Å². The lowest BCUT2D eigenvalue weighted by Gasteiger charge is -2.30. The highest BCUT2D eigenvalue weighted by Gasteiger charge is 2.35. The number of nitrogens with zero attached hydrogens (tertiary/aromatic N) is 3. The molecule has 0 amide bonds. The van der Waals surface area contributed by atoms with Crippen molar-refractivity contribution in [3.05, 3.63) is 41.3 Å². The molecule has 0 radical (unpaired) electrons. The van der Waals surface area contributed by atoms with Crippen molar-refractivity contribution in [2.45, 2.75) is 31.6 Å². The molecular weight excluding hydrogens is 438 g/mol. The first-order valence-corrected chi connectivity index (χ1v) is 12.3. The number of sulfonamides is 1. The van der Waals surface area contributed by atoms with Gasteiger partial charge in [-0.05, 0) is 32.8 Å². The van der Waals surface area contributed by atoms with E-state index >= 15 is 0 Å². The van der Waals surface area contributed by atoms with Crippen LogP contribution in [0.2, 0.25) is 0 Å². The highest BCUT2D eigenvalue weighted by Crippen LogP contribution is 2.36. The van der Waals surface area contributed by atoms with Crippen molar-refractivity contribution in [3.63, 3.8) is 0 Å². The lowest BCUT2D eigenvalue weighted by molar-refractivity contribution is -0.149. The Bertz CT molecular complexity index is 1170. The van der Waals surface area contributed by atoms with Gasteiger partial charge in [0, 0.05) is 23.5 Å². The molecule has 10 heteroatoms. The van der Waals surface area contributed by atoms with Crippen molar-refractivity contribution < 1.29 is 22.5 Å². The second kappa shape index (κ2) is 8.89. The molecule has 0 aliphatic carbocycles. The first-order valence-electron chi connectivity index (χ1n) is 10.1. The van der Waals surface area contributed by atoms with Crippen LogP contribution in [0.5, 0.6) is 0 Å². The maximum Gasteiger partial charge on any atom is 0.310 e. The molecule has 1 aliphatic rings. The number of esters is 1. The van der Waals surface area contributed by atoms with Gasteiger partial charge in [0.05, 0.1) is 22.3 Å². The summed E-state index contributed by atoms with van der Waals surface area (Å²) >= 11 is 1.29. The summed E-state index contributed by atoms with van der Waals surface area (Å²) in [6.07, 6.45) is 1.24. The van der Waals surface area contributed by atoms with Crippen LogP contribution in [0, 0.1) is 12.8 Å². The summed E-state index contributed by atoms with van der Waals surface area (Å²) in [6, 6.07) is 11.0. The SMILES string of the molecule is CCOC(=O)C1CCCN(S(=O)(=O)c2cc(-c3nc(-c4ccccc4)no3)sc2C)C1. The van der Waals surface area contributed by atoms with Crippen molar-refractivity contribution in [2.75, 3.05) is 19.7 Å². The first-order chi connectivity index (χ1) is 14.9. The number of aromatic nitrogens is 2. The molecule has 0 N–H and O–H groups in total. The fourth-order valence-electron chi connectivity index (χ4n) is 3.61. The van der Waals surface area contributed by atoms with Crippen LogP contribution in [0.25, 0.3) is 22.2 Å². The van der Waals surface area contributed by atoms with Gasteiger partial charge < -0.3 is 9.26 Å². The van der Waals surface area contributed by atoms with Crippen molar-refractivity contribution in [1.82, 2.24) is 14.4 Å². The number of ether oxygens (including phenoxy) is 1. The Morgan fingerprint density at radius 1 is 1.32 bits per heavy atom. The third-order valence-corrected chi connectivity index (χ3v) is 8.32. The van der Waals surface area contributed by atoms with Gasteiger partial charge in [-0.1, -0.05) is 35.5 Å². The molecule has 1 unspecified atom stereocenters. The van der Waals surface area contributed by atoms with Crippen LogP contribution in [0.1, 0.15) is 24.6 Å². The summed E-state index contributed by atoms with van der Waals surface area (Å²) in [5.74, 6) is -0.0634. The lowest BCUT2D eigenvalue weighted by Crippen LogP contribution is -2.42. The van der Waals surface area contributed by atoms with Gasteiger partial charge in [0.2, 0.25) is 15.8 Å². The summed E-state index contributed by atoms with van der Waals surface area (Å²) < 4.78 is 38.5. The van der Waals surface area contributed by atoms with Crippen LogP contribution in [0.4, 0.5) is 0 Å². The third-order valence-electron chi connectivity index (χ3n) is 5.16. The van der Waals surface area contributed by atoms with Crippen molar-refractivity contribution in [3.8, 4) is 22.2 Å². The van der Waals surface area contributed by atoms with E-state index < -0.39 is 15.9 Å². The topological polar surface area (TPSA) is 103 Å². The van der Waals surface area contributed by atoms with Crippen molar-refractivity contribution in [2.24, 2.45) is 5.92 Å². The second-order valence-corrected chi connectivity index (χ2v) is 10.4. The molecule has 31 heavy (non-hydrogen) atoms. The van der Waals surface area contributed by atoms with Gasteiger partial charge in [0.1, 0.15) is 0 Å². The molecular formula is C21H23N3O5S2. The van der Waals surface area contributed by atoms with E-state index in [1.807, 2.05) is 30.3 Å². The number of benzene rings is 1. The van der Waals surface area contributed by atoms with Crippen LogP contribution >= 0.6 is 11.3 Å². The number of rotatable bonds is 6. The molecule has 4 rings (SSSR count). The minimum Gasteiger partial charge on any atom is -0.466 e. The van der Waals surface area contributed by atoms with E-state index in [2.05, 4.69) is 10.1 Å². The maximum absolute atomic E-state index is 13.3. The summed E-state index contributed by atoms with van der Waals surface area (Å²) in [5, 5.41) is 4.01. The van der Waals surface area contributed by atoms with E-state index in [4.69, 9.17) is 9.26 Å². The van der Waals surface area contributed by atoms with Crippen LogP contribution in [0.15, 0.2) is 45.8 Å². The highest BCUT2D eigenvalue weighted by atomic mass is 32.2. The number of carbonyl (C=O) groups is 1. The number of hydrogen-bond acceptors (Lipinski definition) is 8. The average Bonchev–Trinajstić information content (AvgIpc) is 3.42. The predicted molar refractivity (Wildman–Crippen MR) is 116 cm³/mol. The molecule has 1 fully saturated rings. The van der Waals surface area contributed by atoms with Crippen LogP contribution < -0.4 is 0 Å². The standard InChI is InChI=1S/C21H23N3O5S2/c1-3-28-21(25)16-10-7-11-24(13-16)31(26,27)18-12-17(30-14(18)2)20-22-19(23-29-20)15-8-5-4-6-9-15/h4-6,8-9,12,16H,3,7,10-11,13H2,1-2H3. The van der Waals surface area contributed by atoms with Crippen molar-refractivity contribution in [1.29, 1.82) is 0 Å². The molecule has 1 aliphatic heterocycles. The Morgan fingerprint density at radius 2 is 2.10 bits per heavy atom. The van der Waals surface area contributed by atoms with Gasteiger partial charge in [-0.2, -0.15) is 9.29 Å². The van der Waals surface area contributed by atoms with Crippen LogP contribution in [-0.2, 0) is 19.6 Å². The Morgan fingerprint density at radius 3 is 2.84 bits per heavy atom. The molecule has 0 saturated carbocycles. The zero-order valence-corrected chi connectivity index (χ0v) is 18.9. The Labute approximate surface area is 184 Å². The number of carbonyl (C=O) groups excluding carboxylic acids is 1. The largest absolute Gasteiger partial charge is 0.466 e. The van der Waals surface area contributed by atoms with E-state index in [0.29, 0.717) is 35.0 Å². The molecule has 164 valence electrons. The Kier molecular flexibility index (Phi) is 6.22. The summed E-state index contributed by atoms with van der Waals surface area (Å²) in [4.78, 5) is 18.0. The van der Waals surface area contributed by atoms with Gasteiger partial charge in [0.25, 0.3) is 5.89 Å². The average molecular weight is 462 g/mol. The first kappa shape index (κ1) is 21.7. The maximum atomic E-state index is 13.3. The summed E-state index contributed by atoms with van der Waals surface area (Å²) in [5.41, 5.74) is 0.817. The van der Waals surface area contributed by atoms with E-state index in [0.717, 1.165) is 5.56 Å². The van der Waals surface area contributed by atoms with E-state index in [1.165, 1.54) is 15.6 Å². The number of piperidine rings is 1. The summed E-state index contributed by atoms with van der Waals surface area (Å²) in [7, 11) is -3.76.